The highest BCUT2D eigenvalue weighted by Gasteiger charge is 2.08. The van der Waals surface area contributed by atoms with E-state index < -0.39 is 0 Å². The molecule has 0 saturated carbocycles. The van der Waals surface area contributed by atoms with Crippen LogP contribution in [-0.2, 0) is 6.54 Å². The van der Waals surface area contributed by atoms with Crippen LogP contribution in [0.2, 0.25) is 0 Å². The molecular formula is C17H31NO. The fourth-order valence-corrected chi connectivity index (χ4v) is 2.45. The largest absolute Gasteiger partial charge is 0.465 e. The van der Waals surface area contributed by atoms with Gasteiger partial charge >= 0.3 is 0 Å². The third kappa shape index (κ3) is 7.41. The minimum Gasteiger partial charge on any atom is -0.465 e. The second-order valence-corrected chi connectivity index (χ2v) is 5.58. The topological polar surface area (TPSA) is 25.2 Å². The molecule has 0 radical (unpaired) electrons. The minimum atomic E-state index is 0.656. The molecule has 0 unspecified atom stereocenters. The van der Waals surface area contributed by atoms with Gasteiger partial charge in [0.05, 0.1) is 6.54 Å². The molecule has 0 aliphatic carbocycles. The Hall–Kier alpha value is -0.760. The molecule has 0 spiro atoms. The van der Waals surface area contributed by atoms with Gasteiger partial charge in [-0.3, -0.25) is 0 Å². The Labute approximate surface area is 119 Å². The lowest BCUT2D eigenvalue weighted by molar-refractivity contribution is 0.387. The number of rotatable bonds is 11. The SMILES string of the molecule is CCCCCC(CCCCC)NCc1ccc(C)o1. The summed E-state index contributed by atoms with van der Waals surface area (Å²) in [6.45, 7) is 7.41. The predicted octanol–water partition coefficient (Wildman–Crippen LogP) is 5.21. The quantitative estimate of drug-likeness (QED) is 0.556. The van der Waals surface area contributed by atoms with Gasteiger partial charge in [-0.1, -0.05) is 52.4 Å². The Morgan fingerprint density at radius 1 is 1.00 bits per heavy atom. The third-order valence-electron chi connectivity index (χ3n) is 3.67. The molecule has 0 amide bonds. The first-order valence-corrected chi connectivity index (χ1v) is 8.05. The minimum absolute atomic E-state index is 0.656. The van der Waals surface area contributed by atoms with E-state index in [1.54, 1.807) is 0 Å². The first kappa shape index (κ1) is 16.3. The Bertz CT molecular complexity index is 309. The summed E-state index contributed by atoms with van der Waals surface area (Å²) in [5, 5.41) is 3.67. The average molecular weight is 265 g/mol. The molecule has 1 heterocycles. The van der Waals surface area contributed by atoms with Gasteiger partial charge in [0.25, 0.3) is 0 Å². The first-order chi connectivity index (χ1) is 9.26. The van der Waals surface area contributed by atoms with Crippen LogP contribution in [0.5, 0.6) is 0 Å². The maximum atomic E-state index is 5.62. The molecular weight excluding hydrogens is 234 g/mol. The van der Waals surface area contributed by atoms with E-state index in [1.165, 1.54) is 51.4 Å². The Morgan fingerprint density at radius 3 is 2.11 bits per heavy atom. The van der Waals surface area contributed by atoms with Gasteiger partial charge in [-0.2, -0.15) is 0 Å². The van der Waals surface area contributed by atoms with Crippen molar-refractivity contribution in [3.63, 3.8) is 0 Å². The van der Waals surface area contributed by atoms with E-state index in [4.69, 9.17) is 4.42 Å². The molecule has 0 aliphatic rings. The molecule has 1 aromatic heterocycles. The van der Waals surface area contributed by atoms with Crippen molar-refractivity contribution in [1.82, 2.24) is 5.32 Å². The van der Waals surface area contributed by atoms with Crippen LogP contribution in [-0.4, -0.2) is 6.04 Å². The van der Waals surface area contributed by atoms with Crippen molar-refractivity contribution in [1.29, 1.82) is 0 Å². The molecule has 0 saturated heterocycles. The average Bonchev–Trinajstić information content (AvgIpc) is 2.81. The van der Waals surface area contributed by atoms with E-state index in [-0.39, 0.29) is 0 Å². The second-order valence-electron chi connectivity index (χ2n) is 5.58. The summed E-state index contributed by atoms with van der Waals surface area (Å²) < 4.78 is 5.62. The van der Waals surface area contributed by atoms with Crippen molar-refractivity contribution in [2.45, 2.75) is 84.7 Å². The molecule has 0 fully saturated rings. The summed E-state index contributed by atoms with van der Waals surface area (Å²) in [6, 6.07) is 4.78. The van der Waals surface area contributed by atoms with Gasteiger partial charge in [0.2, 0.25) is 0 Å². The van der Waals surface area contributed by atoms with E-state index in [0.717, 1.165) is 18.1 Å². The molecule has 2 nitrogen and oxygen atoms in total. The van der Waals surface area contributed by atoms with Crippen LogP contribution >= 0.6 is 0 Å². The standard InChI is InChI=1S/C17H31NO/c1-4-6-8-10-16(11-9-7-5-2)18-14-17-13-12-15(3)19-17/h12-13,16,18H,4-11,14H2,1-3H3. The fourth-order valence-electron chi connectivity index (χ4n) is 2.45. The van der Waals surface area contributed by atoms with Crippen LogP contribution in [0.4, 0.5) is 0 Å². The molecule has 0 aromatic carbocycles. The predicted molar refractivity (Wildman–Crippen MR) is 82.4 cm³/mol. The number of nitrogens with one attached hydrogen (secondary N) is 1. The summed E-state index contributed by atoms with van der Waals surface area (Å²) in [5.41, 5.74) is 0. The van der Waals surface area contributed by atoms with E-state index in [0.29, 0.717) is 6.04 Å². The zero-order valence-corrected chi connectivity index (χ0v) is 13.0. The number of aryl methyl sites for hydroxylation is 1. The molecule has 1 rings (SSSR count). The normalized spacial score (nSPS) is 11.4. The summed E-state index contributed by atoms with van der Waals surface area (Å²) >= 11 is 0. The zero-order chi connectivity index (χ0) is 13.9. The molecule has 0 bridgehead atoms. The van der Waals surface area contributed by atoms with Crippen LogP contribution in [0, 0.1) is 6.92 Å². The molecule has 0 aliphatic heterocycles. The van der Waals surface area contributed by atoms with Crippen LogP contribution in [0.25, 0.3) is 0 Å². The van der Waals surface area contributed by atoms with Crippen molar-refractivity contribution >= 4 is 0 Å². The summed E-state index contributed by atoms with van der Waals surface area (Å²) in [5.74, 6) is 2.07. The number of hydrogen-bond acceptors (Lipinski definition) is 2. The van der Waals surface area contributed by atoms with Crippen molar-refractivity contribution < 1.29 is 4.42 Å². The summed E-state index contributed by atoms with van der Waals surface area (Å²) in [6.07, 6.45) is 10.6. The Morgan fingerprint density at radius 2 is 1.63 bits per heavy atom. The van der Waals surface area contributed by atoms with Gasteiger partial charge in [0.15, 0.2) is 0 Å². The third-order valence-corrected chi connectivity index (χ3v) is 3.67. The van der Waals surface area contributed by atoms with Crippen molar-refractivity contribution in [2.24, 2.45) is 0 Å². The highest BCUT2D eigenvalue weighted by molar-refractivity contribution is 5.05. The molecule has 19 heavy (non-hydrogen) atoms. The van der Waals surface area contributed by atoms with Gasteiger partial charge in [-0.15, -0.1) is 0 Å². The fraction of sp³-hybridized carbons (Fsp3) is 0.765. The van der Waals surface area contributed by atoms with Crippen LogP contribution in [0.1, 0.15) is 76.7 Å². The summed E-state index contributed by atoms with van der Waals surface area (Å²) in [7, 11) is 0. The van der Waals surface area contributed by atoms with Gasteiger partial charge in [0, 0.05) is 6.04 Å². The molecule has 110 valence electrons. The molecule has 0 atom stereocenters. The van der Waals surface area contributed by atoms with E-state index in [1.807, 2.05) is 13.0 Å². The van der Waals surface area contributed by atoms with Gasteiger partial charge < -0.3 is 9.73 Å². The second kappa shape index (κ2) is 10.1. The smallest absolute Gasteiger partial charge is 0.117 e. The number of hydrogen-bond donors (Lipinski definition) is 1. The lowest BCUT2D eigenvalue weighted by atomic mass is 10.0. The van der Waals surface area contributed by atoms with Crippen molar-refractivity contribution in [3.8, 4) is 0 Å². The highest BCUT2D eigenvalue weighted by Crippen LogP contribution is 2.13. The van der Waals surface area contributed by atoms with E-state index >= 15 is 0 Å². The maximum absolute atomic E-state index is 5.62. The first-order valence-electron chi connectivity index (χ1n) is 8.05. The van der Waals surface area contributed by atoms with Crippen LogP contribution in [0.3, 0.4) is 0 Å². The summed E-state index contributed by atoms with van der Waals surface area (Å²) in [4.78, 5) is 0. The van der Waals surface area contributed by atoms with Crippen molar-refractivity contribution in [2.75, 3.05) is 0 Å². The van der Waals surface area contributed by atoms with E-state index in [9.17, 15) is 0 Å². The lowest BCUT2D eigenvalue weighted by Crippen LogP contribution is -2.28. The monoisotopic (exact) mass is 265 g/mol. The van der Waals surface area contributed by atoms with Gasteiger partial charge in [-0.25, -0.2) is 0 Å². The Kier molecular flexibility index (Phi) is 8.64. The lowest BCUT2D eigenvalue weighted by Gasteiger charge is -2.18. The van der Waals surface area contributed by atoms with Crippen LogP contribution in [0.15, 0.2) is 16.5 Å². The molecule has 1 N–H and O–H groups in total. The Balaban J connectivity index is 2.29. The van der Waals surface area contributed by atoms with Crippen molar-refractivity contribution in [3.05, 3.63) is 23.7 Å². The van der Waals surface area contributed by atoms with E-state index in [2.05, 4.69) is 25.2 Å². The van der Waals surface area contributed by atoms with Gasteiger partial charge in [0.1, 0.15) is 11.5 Å². The van der Waals surface area contributed by atoms with Crippen LogP contribution < -0.4 is 5.32 Å². The number of unbranched alkanes of at least 4 members (excludes halogenated alkanes) is 4. The number of furan rings is 1. The van der Waals surface area contributed by atoms with Gasteiger partial charge in [-0.05, 0) is 31.9 Å². The molecule has 1 aromatic rings. The highest BCUT2D eigenvalue weighted by atomic mass is 16.3. The molecule has 2 heteroatoms. The zero-order valence-electron chi connectivity index (χ0n) is 13.0. The maximum Gasteiger partial charge on any atom is 0.117 e.